The van der Waals surface area contributed by atoms with E-state index in [1.165, 1.54) is 17.0 Å². The zero-order valence-corrected chi connectivity index (χ0v) is 19.8. The fraction of sp³-hybridized carbons (Fsp3) is 0.346. The Kier molecular flexibility index (Phi) is 6.88. The second kappa shape index (κ2) is 9.87. The lowest BCUT2D eigenvalue weighted by molar-refractivity contribution is 0.0824. The summed E-state index contributed by atoms with van der Waals surface area (Å²) in [6.45, 7) is 4.54. The number of amides is 1. The van der Waals surface area contributed by atoms with E-state index in [0.717, 1.165) is 5.56 Å². The van der Waals surface area contributed by atoms with Gasteiger partial charge in [0, 0.05) is 30.1 Å². The third-order valence-electron chi connectivity index (χ3n) is 6.22. The molecule has 8 nitrogen and oxygen atoms in total. The van der Waals surface area contributed by atoms with Gasteiger partial charge in [0.25, 0.3) is 11.5 Å². The van der Waals surface area contributed by atoms with Crippen LogP contribution in [0.5, 0.6) is 5.75 Å². The van der Waals surface area contributed by atoms with Gasteiger partial charge in [0.05, 0.1) is 11.1 Å². The quantitative estimate of drug-likeness (QED) is 0.385. The van der Waals surface area contributed by atoms with Gasteiger partial charge in [-0.1, -0.05) is 36.4 Å². The molecule has 4 rings (SSSR count). The summed E-state index contributed by atoms with van der Waals surface area (Å²) in [6, 6.07) is 15.9. The highest BCUT2D eigenvalue weighted by molar-refractivity contribution is 5.94. The lowest BCUT2D eigenvalue weighted by Crippen LogP contribution is -2.47. The van der Waals surface area contributed by atoms with E-state index in [0.29, 0.717) is 37.3 Å². The number of nitrogens with zero attached hydrogens (tertiary/aromatic N) is 2. The summed E-state index contributed by atoms with van der Waals surface area (Å²) in [5.74, 6) is 0.205. The molecule has 0 radical (unpaired) electrons. The standard InChI is InChI=1S/C26H30FN5O3/c1-25(2,19-10-6-7-11-20(19)35-17-14-28)31-21-23(34)32(16-15-29-21)26(12-13-26)24(27)30-22(33)18-8-4-3-5-9-18/h3-11,15-16,24H,12-14,17,28H2,1-2H3,(H,29,31)(H,30,33). The molecule has 1 fully saturated rings. The van der Waals surface area contributed by atoms with Gasteiger partial charge >= 0.3 is 0 Å². The molecule has 35 heavy (non-hydrogen) atoms. The Balaban J connectivity index is 1.57. The number of aromatic nitrogens is 2. The first-order valence-electron chi connectivity index (χ1n) is 11.6. The molecule has 0 aliphatic heterocycles. The largest absolute Gasteiger partial charge is 0.492 e. The number of ether oxygens (including phenoxy) is 1. The second-order valence-electron chi connectivity index (χ2n) is 9.14. The molecule has 1 amide bonds. The number of nitrogens with one attached hydrogen (secondary N) is 2. The first kappa shape index (κ1) is 24.4. The van der Waals surface area contributed by atoms with Crippen molar-refractivity contribution >= 4 is 11.7 Å². The predicted octanol–water partition coefficient (Wildman–Crippen LogP) is 3.14. The van der Waals surface area contributed by atoms with E-state index >= 15 is 4.39 Å². The molecule has 0 saturated heterocycles. The molecule has 1 aliphatic rings. The molecule has 1 unspecified atom stereocenters. The summed E-state index contributed by atoms with van der Waals surface area (Å²) in [7, 11) is 0. The summed E-state index contributed by atoms with van der Waals surface area (Å²) in [4.78, 5) is 30.1. The maximum atomic E-state index is 15.4. The van der Waals surface area contributed by atoms with Gasteiger partial charge < -0.3 is 21.1 Å². The molecule has 0 spiro atoms. The number of rotatable bonds is 10. The smallest absolute Gasteiger partial charge is 0.293 e. The molecule has 1 aromatic heterocycles. The van der Waals surface area contributed by atoms with E-state index in [2.05, 4.69) is 15.6 Å². The van der Waals surface area contributed by atoms with Crippen LogP contribution in [0.4, 0.5) is 10.2 Å². The minimum atomic E-state index is -1.73. The van der Waals surface area contributed by atoms with Crippen LogP contribution in [0.25, 0.3) is 0 Å². The minimum absolute atomic E-state index is 0.0824. The van der Waals surface area contributed by atoms with Crippen LogP contribution < -0.4 is 26.7 Å². The zero-order valence-electron chi connectivity index (χ0n) is 19.8. The van der Waals surface area contributed by atoms with Crippen molar-refractivity contribution in [3.63, 3.8) is 0 Å². The van der Waals surface area contributed by atoms with Gasteiger partial charge in [0.1, 0.15) is 12.4 Å². The number of halogens is 1. The van der Waals surface area contributed by atoms with Crippen molar-refractivity contribution in [2.24, 2.45) is 5.73 Å². The summed E-state index contributed by atoms with van der Waals surface area (Å²) >= 11 is 0. The van der Waals surface area contributed by atoms with Crippen molar-refractivity contribution in [1.82, 2.24) is 14.9 Å². The maximum absolute atomic E-state index is 15.4. The van der Waals surface area contributed by atoms with Crippen LogP contribution in [0, 0.1) is 0 Å². The highest BCUT2D eigenvalue weighted by Gasteiger charge is 2.53. The van der Waals surface area contributed by atoms with Crippen LogP contribution in [0.2, 0.25) is 0 Å². The van der Waals surface area contributed by atoms with Gasteiger partial charge in [0.15, 0.2) is 12.1 Å². The molecule has 0 bridgehead atoms. The number of carbonyl (C=O) groups is 1. The fourth-order valence-corrected chi connectivity index (χ4v) is 4.16. The van der Waals surface area contributed by atoms with Crippen LogP contribution in [-0.4, -0.2) is 34.9 Å². The van der Waals surface area contributed by atoms with Crippen molar-refractivity contribution in [2.75, 3.05) is 18.5 Å². The number of alkyl halides is 1. The average molecular weight is 480 g/mol. The van der Waals surface area contributed by atoms with Crippen molar-refractivity contribution in [3.05, 3.63) is 88.5 Å². The van der Waals surface area contributed by atoms with Crippen molar-refractivity contribution in [1.29, 1.82) is 0 Å². The number of hydrogen-bond donors (Lipinski definition) is 3. The molecule has 1 atom stereocenters. The van der Waals surface area contributed by atoms with Crippen molar-refractivity contribution < 1.29 is 13.9 Å². The van der Waals surface area contributed by atoms with Crippen LogP contribution in [0.1, 0.15) is 42.6 Å². The molecular formula is C26H30FN5O3. The van der Waals surface area contributed by atoms with Crippen molar-refractivity contribution in [3.8, 4) is 5.75 Å². The number of para-hydroxylation sites is 1. The molecule has 2 aromatic carbocycles. The lowest BCUT2D eigenvalue weighted by Gasteiger charge is -2.30. The Morgan fingerprint density at radius 3 is 2.57 bits per heavy atom. The second-order valence-corrected chi connectivity index (χ2v) is 9.14. The Bertz CT molecular complexity index is 1240. The number of nitrogens with two attached hydrogens (primary N) is 1. The van der Waals surface area contributed by atoms with E-state index in [-0.39, 0.29) is 5.82 Å². The number of anilines is 1. The van der Waals surface area contributed by atoms with Crippen LogP contribution in [0.15, 0.2) is 71.8 Å². The van der Waals surface area contributed by atoms with Gasteiger partial charge in [-0.05, 0) is 44.9 Å². The van der Waals surface area contributed by atoms with E-state index in [9.17, 15) is 9.59 Å². The Morgan fingerprint density at radius 1 is 1.20 bits per heavy atom. The van der Waals surface area contributed by atoms with E-state index in [4.69, 9.17) is 10.5 Å². The average Bonchev–Trinajstić information content (AvgIpc) is 3.66. The molecular weight excluding hydrogens is 449 g/mol. The molecule has 9 heteroatoms. The van der Waals surface area contributed by atoms with Gasteiger partial charge in [-0.25, -0.2) is 9.37 Å². The molecule has 4 N–H and O–H groups in total. The monoisotopic (exact) mass is 479 g/mol. The number of benzene rings is 2. The topological polar surface area (TPSA) is 111 Å². The summed E-state index contributed by atoms with van der Waals surface area (Å²) in [5.41, 5.74) is 4.42. The molecule has 1 saturated carbocycles. The SMILES string of the molecule is CC(C)(Nc1nccn(C2(C(F)NC(=O)c3ccccc3)CC2)c1=O)c1ccccc1OCCN. The third kappa shape index (κ3) is 5.05. The van der Waals surface area contributed by atoms with Gasteiger partial charge in [-0.3, -0.25) is 14.2 Å². The van der Waals surface area contributed by atoms with Crippen molar-refractivity contribution in [2.45, 2.75) is 44.1 Å². The van der Waals surface area contributed by atoms with E-state index in [1.54, 1.807) is 30.3 Å². The van der Waals surface area contributed by atoms with Gasteiger partial charge in [-0.2, -0.15) is 0 Å². The van der Waals surface area contributed by atoms with E-state index < -0.39 is 28.8 Å². The Morgan fingerprint density at radius 2 is 1.89 bits per heavy atom. The van der Waals surface area contributed by atoms with Crippen LogP contribution >= 0.6 is 0 Å². The molecule has 3 aromatic rings. The highest BCUT2D eigenvalue weighted by Crippen LogP contribution is 2.46. The molecule has 1 aliphatic carbocycles. The summed E-state index contributed by atoms with van der Waals surface area (Å²) in [6.07, 6.45) is 2.04. The van der Waals surface area contributed by atoms with E-state index in [1.807, 2.05) is 38.1 Å². The third-order valence-corrected chi connectivity index (χ3v) is 6.22. The van der Waals surface area contributed by atoms with Gasteiger partial charge in [0.2, 0.25) is 0 Å². The molecule has 184 valence electrons. The lowest BCUT2D eigenvalue weighted by atomic mass is 9.93. The fourth-order valence-electron chi connectivity index (χ4n) is 4.16. The Labute approximate surface area is 203 Å². The normalized spacial score (nSPS) is 15.2. The first-order chi connectivity index (χ1) is 16.8. The van der Waals surface area contributed by atoms with Crippen LogP contribution in [-0.2, 0) is 11.1 Å². The summed E-state index contributed by atoms with van der Waals surface area (Å²) < 4.78 is 22.5. The minimum Gasteiger partial charge on any atom is -0.492 e. The maximum Gasteiger partial charge on any atom is 0.293 e. The Hall–Kier alpha value is -3.72. The zero-order chi connectivity index (χ0) is 25.1. The van der Waals surface area contributed by atoms with Gasteiger partial charge in [-0.15, -0.1) is 0 Å². The molecule has 1 heterocycles. The first-order valence-corrected chi connectivity index (χ1v) is 11.6. The highest BCUT2D eigenvalue weighted by atomic mass is 19.1. The summed E-state index contributed by atoms with van der Waals surface area (Å²) in [5, 5.41) is 5.61. The number of hydrogen-bond acceptors (Lipinski definition) is 6. The number of carbonyl (C=O) groups excluding carboxylic acids is 1. The van der Waals surface area contributed by atoms with Crippen LogP contribution in [0.3, 0.4) is 0 Å². The predicted molar refractivity (Wildman–Crippen MR) is 132 cm³/mol.